The molecule has 1 heterocycles. The Labute approximate surface area is 80.7 Å². The Balaban J connectivity index is 2.79. The van der Waals surface area contributed by atoms with E-state index < -0.39 is 24.9 Å². The SMILES string of the molecule is CS(=O)(=O)CS(=O)(=O)Nc1ncn[nH]1. The van der Waals surface area contributed by atoms with Crippen LogP contribution in [0.1, 0.15) is 0 Å². The van der Waals surface area contributed by atoms with Gasteiger partial charge < -0.3 is 0 Å². The molecule has 2 N–H and O–H groups in total. The van der Waals surface area contributed by atoms with Crippen LogP contribution in [0.15, 0.2) is 6.33 Å². The van der Waals surface area contributed by atoms with Gasteiger partial charge in [0, 0.05) is 6.26 Å². The van der Waals surface area contributed by atoms with Gasteiger partial charge >= 0.3 is 0 Å². The number of nitrogens with one attached hydrogen (secondary N) is 2. The van der Waals surface area contributed by atoms with Gasteiger partial charge in [0.2, 0.25) is 16.0 Å². The number of aromatic amines is 1. The number of aromatic nitrogens is 3. The molecule has 0 aliphatic heterocycles. The molecule has 1 aromatic rings. The highest BCUT2D eigenvalue weighted by molar-refractivity contribution is 8.08. The van der Waals surface area contributed by atoms with Crippen molar-refractivity contribution >= 4 is 25.8 Å². The fourth-order valence-corrected chi connectivity index (χ4v) is 3.60. The number of hydrogen-bond donors (Lipinski definition) is 2. The summed E-state index contributed by atoms with van der Waals surface area (Å²) in [6, 6.07) is 0. The molecule has 8 nitrogen and oxygen atoms in total. The molecule has 0 aliphatic rings. The molecule has 0 aliphatic carbocycles. The van der Waals surface area contributed by atoms with E-state index >= 15 is 0 Å². The summed E-state index contributed by atoms with van der Waals surface area (Å²) in [5.41, 5.74) is 0. The van der Waals surface area contributed by atoms with Crippen molar-refractivity contribution in [2.75, 3.05) is 16.1 Å². The van der Waals surface area contributed by atoms with Crippen molar-refractivity contribution in [1.82, 2.24) is 15.2 Å². The van der Waals surface area contributed by atoms with Crippen LogP contribution in [0.2, 0.25) is 0 Å². The Morgan fingerprint density at radius 1 is 1.43 bits per heavy atom. The zero-order valence-corrected chi connectivity index (χ0v) is 8.76. The van der Waals surface area contributed by atoms with Gasteiger partial charge in [-0.2, -0.15) is 10.1 Å². The number of sulfonamides is 1. The van der Waals surface area contributed by atoms with Crippen LogP contribution in [0.5, 0.6) is 0 Å². The lowest BCUT2D eigenvalue weighted by molar-refractivity contribution is 0.594. The number of rotatable bonds is 4. The van der Waals surface area contributed by atoms with Gasteiger partial charge in [-0.15, -0.1) is 0 Å². The van der Waals surface area contributed by atoms with E-state index in [0.29, 0.717) is 0 Å². The standard InChI is InChI=1S/C4H8N4O4S2/c1-13(9,10)3-14(11,12)8-4-5-2-6-7-4/h2H,3H2,1H3,(H2,5,6,7,8). The lowest BCUT2D eigenvalue weighted by atomic mass is 11.1. The maximum Gasteiger partial charge on any atom is 0.249 e. The van der Waals surface area contributed by atoms with Crippen LogP contribution in [0.25, 0.3) is 0 Å². The highest BCUT2D eigenvalue weighted by atomic mass is 32.3. The number of H-pyrrole nitrogens is 1. The van der Waals surface area contributed by atoms with E-state index in [9.17, 15) is 16.8 Å². The van der Waals surface area contributed by atoms with Crippen LogP contribution in [0.3, 0.4) is 0 Å². The second-order valence-corrected chi connectivity index (χ2v) is 6.82. The summed E-state index contributed by atoms with van der Waals surface area (Å²) in [6.07, 6.45) is 1.92. The van der Waals surface area contributed by atoms with Crippen LogP contribution >= 0.6 is 0 Å². The second kappa shape index (κ2) is 3.53. The number of hydrogen-bond acceptors (Lipinski definition) is 6. The topological polar surface area (TPSA) is 122 Å². The normalized spacial score (nSPS) is 12.6. The molecule has 1 rings (SSSR count). The fourth-order valence-electron chi connectivity index (χ4n) is 0.713. The molecule has 0 spiro atoms. The van der Waals surface area contributed by atoms with E-state index in [2.05, 4.69) is 15.2 Å². The van der Waals surface area contributed by atoms with Crippen molar-refractivity contribution in [1.29, 1.82) is 0 Å². The predicted octanol–water partition coefficient (Wildman–Crippen LogP) is -1.45. The van der Waals surface area contributed by atoms with Crippen molar-refractivity contribution in [3.05, 3.63) is 6.33 Å². The van der Waals surface area contributed by atoms with Gasteiger partial charge in [-0.05, 0) is 0 Å². The van der Waals surface area contributed by atoms with Gasteiger partial charge in [-0.1, -0.05) is 0 Å². The van der Waals surface area contributed by atoms with Crippen LogP contribution in [0, 0.1) is 0 Å². The van der Waals surface area contributed by atoms with Gasteiger partial charge in [0.25, 0.3) is 0 Å². The first kappa shape index (κ1) is 10.9. The molecule has 1 aromatic heterocycles. The van der Waals surface area contributed by atoms with Gasteiger partial charge in [-0.25, -0.2) is 21.9 Å². The molecule has 0 radical (unpaired) electrons. The summed E-state index contributed by atoms with van der Waals surface area (Å²) in [5, 5.41) is 4.64. The van der Waals surface area contributed by atoms with Gasteiger partial charge in [0.1, 0.15) is 6.33 Å². The summed E-state index contributed by atoms with van der Waals surface area (Å²) in [6.45, 7) is 0. The Morgan fingerprint density at radius 3 is 2.50 bits per heavy atom. The molecule has 0 saturated heterocycles. The van der Waals surface area contributed by atoms with Crippen LogP contribution in [-0.2, 0) is 19.9 Å². The minimum absolute atomic E-state index is 0.117. The molecule has 0 amide bonds. The Morgan fingerprint density at radius 2 is 2.07 bits per heavy atom. The van der Waals surface area contributed by atoms with Crippen molar-refractivity contribution in [2.45, 2.75) is 0 Å². The zero-order valence-electron chi connectivity index (χ0n) is 7.13. The molecule has 0 unspecified atom stereocenters. The molecule has 80 valence electrons. The lowest BCUT2D eigenvalue weighted by Gasteiger charge is -2.02. The Hall–Kier alpha value is -1.16. The first-order valence-electron chi connectivity index (χ1n) is 3.32. The Kier molecular flexibility index (Phi) is 2.76. The van der Waals surface area contributed by atoms with E-state index in [-0.39, 0.29) is 5.95 Å². The first-order chi connectivity index (χ1) is 6.29. The summed E-state index contributed by atoms with van der Waals surface area (Å²) in [4.78, 5) is 3.48. The smallest absolute Gasteiger partial charge is 0.249 e. The molecule has 0 atom stereocenters. The summed E-state index contributed by atoms with van der Waals surface area (Å²) in [5.74, 6) is -0.117. The largest absolute Gasteiger partial charge is 0.251 e. The van der Waals surface area contributed by atoms with Crippen molar-refractivity contribution in [2.24, 2.45) is 0 Å². The molecular formula is C4H8N4O4S2. The van der Waals surface area contributed by atoms with Crippen molar-refractivity contribution in [3.63, 3.8) is 0 Å². The minimum atomic E-state index is -3.93. The summed E-state index contributed by atoms with van der Waals surface area (Å²) in [7, 11) is -7.53. The van der Waals surface area contributed by atoms with E-state index in [4.69, 9.17) is 0 Å². The van der Waals surface area contributed by atoms with E-state index in [1.165, 1.54) is 0 Å². The van der Waals surface area contributed by atoms with Gasteiger partial charge in [0.05, 0.1) is 0 Å². The highest BCUT2D eigenvalue weighted by Gasteiger charge is 2.18. The minimum Gasteiger partial charge on any atom is -0.251 e. The summed E-state index contributed by atoms with van der Waals surface area (Å²) < 4.78 is 45.6. The lowest BCUT2D eigenvalue weighted by Crippen LogP contribution is -2.22. The van der Waals surface area contributed by atoms with Crippen molar-refractivity contribution in [3.8, 4) is 0 Å². The number of anilines is 1. The number of nitrogens with zero attached hydrogens (tertiary/aromatic N) is 2. The Bertz CT molecular complexity index is 487. The third kappa shape index (κ3) is 3.70. The highest BCUT2D eigenvalue weighted by Crippen LogP contribution is 2.00. The molecular weight excluding hydrogens is 232 g/mol. The zero-order chi connectivity index (χ0) is 10.8. The maximum atomic E-state index is 11.1. The first-order valence-corrected chi connectivity index (χ1v) is 7.03. The monoisotopic (exact) mass is 240 g/mol. The van der Waals surface area contributed by atoms with Crippen LogP contribution in [-0.4, -0.2) is 43.4 Å². The van der Waals surface area contributed by atoms with Crippen LogP contribution < -0.4 is 4.72 Å². The average Bonchev–Trinajstić information content (AvgIpc) is 2.31. The molecule has 14 heavy (non-hydrogen) atoms. The molecule has 0 saturated carbocycles. The molecule has 0 bridgehead atoms. The van der Waals surface area contributed by atoms with Gasteiger partial charge in [0.15, 0.2) is 14.9 Å². The average molecular weight is 240 g/mol. The van der Waals surface area contributed by atoms with Gasteiger partial charge in [-0.3, -0.25) is 4.72 Å². The summed E-state index contributed by atoms with van der Waals surface area (Å²) >= 11 is 0. The number of sulfone groups is 1. The molecule has 10 heteroatoms. The van der Waals surface area contributed by atoms with E-state index in [1.807, 2.05) is 4.72 Å². The fraction of sp³-hybridized carbons (Fsp3) is 0.500. The predicted molar refractivity (Wildman–Crippen MR) is 48.6 cm³/mol. The van der Waals surface area contributed by atoms with E-state index in [1.54, 1.807) is 0 Å². The second-order valence-electron chi connectivity index (χ2n) is 2.59. The molecule has 0 aromatic carbocycles. The quantitative estimate of drug-likeness (QED) is 0.663. The van der Waals surface area contributed by atoms with Crippen molar-refractivity contribution < 1.29 is 16.8 Å². The maximum absolute atomic E-state index is 11.1. The van der Waals surface area contributed by atoms with Crippen LogP contribution in [0.4, 0.5) is 5.95 Å². The third-order valence-electron chi connectivity index (χ3n) is 1.04. The molecule has 0 fully saturated rings. The third-order valence-corrected chi connectivity index (χ3v) is 4.49. The van der Waals surface area contributed by atoms with E-state index in [0.717, 1.165) is 12.6 Å².